The lowest BCUT2D eigenvalue weighted by Gasteiger charge is -2.33. The smallest absolute Gasteiger partial charge is 0.292 e. The number of hydrogen-bond acceptors (Lipinski definition) is 6. The fourth-order valence-corrected chi connectivity index (χ4v) is 4.94. The number of amides is 1. The molecule has 9 heteroatoms. The number of halogens is 1. The Labute approximate surface area is 182 Å². The molecule has 0 bridgehead atoms. The van der Waals surface area contributed by atoms with Crippen LogP contribution in [0.3, 0.4) is 0 Å². The fourth-order valence-electron chi connectivity index (χ4n) is 3.84. The van der Waals surface area contributed by atoms with Crippen LogP contribution in [0, 0.1) is 12.7 Å². The molecule has 0 spiro atoms. The molecule has 4 heterocycles. The maximum Gasteiger partial charge on any atom is 0.292 e. The lowest BCUT2D eigenvalue weighted by Crippen LogP contribution is -2.40. The number of aromatic amines is 1. The Morgan fingerprint density at radius 2 is 2.13 bits per heavy atom. The summed E-state index contributed by atoms with van der Waals surface area (Å²) < 4.78 is 21.0. The van der Waals surface area contributed by atoms with Gasteiger partial charge in [-0.15, -0.1) is 11.3 Å². The van der Waals surface area contributed by atoms with E-state index >= 15 is 0 Å². The zero-order valence-corrected chi connectivity index (χ0v) is 18.5. The van der Waals surface area contributed by atoms with Crippen LogP contribution in [0.1, 0.15) is 65.3 Å². The van der Waals surface area contributed by atoms with Crippen LogP contribution in [0.5, 0.6) is 0 Å². The molecule has 1 aliphatic rings. The van der Waals surface area contributed by atoms with E-state index in [9.17, 15) is 9.18 Å². The molecule has 3 aromatic heterocycles. The number of carbonyl (C=O) groups excluding carboxylic acids is 1. The Bertz CT molecular complexity index is 1300. The van der Waals surface area contributed by atoms with Crippen molar-refractivity contribution < 1.29 is 13.6 Å². The molecule has 0 fully saturated rings. The summed E-state index contributed by atoms with van der Waals surface area (Å²) in [5, 5.41) is 0.620. The summed E-state index contributed by atoms with van der Waals surface area (Å²) in [6.45, 7) is 8.20. The van der Waals surface area contributed by atoms with Crippen LogP contribution < -0.4 is 0 Å². The molecule has 31 heavy (non-hydrogen) atoms. The van der Waals surface area contributed by atoms with Crippen molar-refractivity contribution in [2.75, 3.05) is 6.54 Å². The highest BCUT2D eigenvalue weighted by molar-refractivity contribution is 7.18. The van der Waals surface area contributed by atoms with Crippen LogP contribution in [0.25, 0.3) is 10.2 Å². The first-order valence-electron chi connectivity index (χ1n) is 10.1. The van der Waals surface area contributed by atoms with Gasteiger partial charge in [0, 0.05) is 24.1 Å². The summed E-state index contributed by atoms with van der Waals surface area (Å²) in [4.78, 5) is 32.0. The number of aromatic nitrogens is 4. The van der Waals surface area contributed by atoms with E-state index in [0.717, 1.165) is 16.1 Å². The molecule has 1 amide bonds. The molecule has 160 valence electrons. The highest BCUT2D eigenvalue weighted by atomic mass is 32.1. The van der Waals surface area contributed by atoms with Gasteiger partial charge in [0.2, 0.25) is 11.7 Å². The Kier molecular flexibility index (Phi) is 4.47. The first-order chi connectivity index (χ1) is 14.7. The standard InChI is InChI=1S/C22H22FN5O2S/c1-11-18(30-21(26-11)22(2,3)4)20(29)28-9-8-13-16(25-10-24-13)17(28)19-27-15-12(23)6-5-7-14(15)31-19/h5-7,10,17H,8-9H2,1-4H3,(H,24,25)/t17-/m0/s1. The minimum Gasteiger partial charge on any atom is -0.435 e. The molecule has 0 radical (unpaired) electrons. The highest BCUT2D eigenvalue weighted by Gasteiger charge is 2.39. The van der Waals surface area contributed by atoms with Gasteiger partial charge in [0.1, 0.15) is 22.4 Å². The first kappa shape index (κ1) is 19.9. The SMILES string of the molecule is Cc1nc(C(C)(C)C)oc1C(=O)N1CCc2[nH]cnc2[C@H]1c1nc2c(F)cccc2s1. The molecule has 5 rings (SSSR count). The summed E-state index contributed by atoms with van der Waals surface area (Å²) in [7, 11) is 0. The van der Waals surface area contributed by atoms with Crippen LogP contribution in [0.4, 0.5) is 4.39 Å². The number of benzene rings is 1. The second-order valence-corrected chi connectivity index (χ2v) is 9.80. The van der Waals surface area contributed by atoms with Gasteiger partial charge >= 0.3 is 0 Å². The number of hydrogen-bond donors (Lipinski definition) is 1. The van der Waals surface area contributed by atoms with E-state index in [2.05, 4.69) is 19.9 Å². The topological polar surface area (TPSA) is 87.9 Å². The van der Waals surface area contributed by atoms with Gasteiger partial charge in [0.15, 0.2) is 0 Å². The third-order valence-corrected chi connectivity index (χ3v) is 6.51. The Morgan fingerprint density at radius 1 is 1.32 bits per heavy atom. The number of nitrogens with one attached hydrogen (secondary N) is 1. The largest absolute Gasteiger partial charge is 0.435 e. The number of thiazole rings is 1. The molecule has 1 N–H and O–H groups in total. The Hall–Kier alpha value is -3.07. The number of rotatable bonds is 2. The Morgan fingerprint density at radius 3 is 2.84 bits per heavy atom. The number of para-hydroxylation sites is 1. The van der Waals surface area contributed by atoms with Gasteiger partial charge in [-0.1, -0.05) is 26.8 Å². The second-order valence-electron chi connectivity index (χ2n) is 8.74. The Balaban J connectivity index is 1.61. The molecule has 1 aliphatic heterocycles. The van der Waals surface area contributed by atoms with Crippen molar-refractivity contribution in [2.45, 2.75) is 45.6 Å². The lowest BCUT2D eigenvalue weighted by atomic mass is 9.97. The monoisotopic (exact) mass is 439 g/mol. The average Bonchev–Trinajstić information content (AvgIpc) is 3.44. The lowest BCUT2D eigenvalue weighted by molar-refractivity contribution is 0.0653. The molecular weight excluding hydrogens is 417 g/mol. The van der Waals surface area contributed by atoms with E-state index in [1.54, 1.807) is 24.2 Å². The zero-order chi connectivity index (χ0) is 21.9. The van der Waals surface area contributed by atoms with E-state index in [1.807, 2.05) is 26.8 Å². The molecule has 0 saturated heterocycles. The third kappa shape index (κ3) is 3.23. The van der Waals surface area contributed by atoms with Gasteiger partial charge in [-0.25, -0.2) is 19.3 Å². The number of aryl methyl sites for hydroxylation is 1. The van der Waals surface area contributed by atoms with Gasteiger partial charge in [-0.2, -0.15) is 0 Å². The van der Waals surface area contributed by atoms with E-state index in [1.165, 1.54) is 17.4 Å². The van der Waals surface area contributed by atoms with E-state index in [4.69, 9.17) is 4.42 Å². The zero-order valence-electron chi connectivity index (χ0n) is 17.7. The minimum atomic E-state index is -0.526. The van der Waals surface area contributed by atoms with Crippen molar-refractivity contribution >= 4 is 27.5 Å². The molecule has 1 atom stereocenters. The summed E-state index contributed by atoms with van der Waals surface area (Å²) in [6.07, 6.45) is 2.26. The second kappa shape index (κ2) is 6.98. The first-order valence-corrected chi connectivity index (χ1v) is 10.9. The van der Waals surface area contributed by atoms with Crippen molar-refractivity contribution in [1.82, 2.24) is 24.8 Å². The number of nitrogens with zero attached hydrogens (tertiary/aromatic N) is 4. The quantitative estimate of drug-likeness (QED) is 0.495. The van der Waals surface area contributed by atoms with E-state index < -0.39 is 6.04 Å². The summed E-state index contributed by atoms with van der Waals surface area (Å²) >= 11 is 1.37. The van der Waals surface area contributed by atoms with Crippen LogP contribution >= 0.6 is 11.3 Å². The molecule has 7 nitrogen and oxygen atoms in total. The minimum absolute atomic E-state index is 0.223. The number of carbonyl (C=O) groups is 1. The summed E-state index contributed by atoms with van der Waals surface area (Å²) in [5.74, 6) is 0.0985. The van der Waals surface area contributed by atoms with Crippen molar-refractivity contribution in [1.29, 1.82) is 0 Å². The van der Waals surface area contributed by atoms with Gasteiger partial charge in [-0.05, 0) is 19.1 Å². The van der Waals surface area contributed by atoms with Crippen molar-refractivity contribution in [2.24, 2.45) is 0 Å². The predicted molar refractivity (Wildman–Crippen MR) is 115 cm³/mol. The van der Waals surface area contributed by atoms with Gasteiger partial charge in [0.05, 0.1) is 22.4 Å². The molecule has 0 unspecified atom stereocenters. The van der Waals surface area contributed by atoms with Crippen LogP contribution in [0.15, 0.2) is 28.9 Å². The normalized spacial score (nSPS) is 16.7. The molecule has 0 aliphatic carbocycles. The molecule has 4 aromatic rings. The maximum atomic E-state index is 14.3. The maximum absolute atomic E-state index is 14.3. The van der Waals surface area contributed by atoms with Gasteiger partial charge in [-0.3, -0.25) is 4.79 Å². The average molecular weight is 440 g/mol. The molecule has 1 aromatic carbocycles. The van der Waals surface area contributed by atoms with Crippen LogP contribution in [-0.2, 0) is 11.8 Å². The third-order valence-electron chi connectivity index (χ3n) is 5.44. The number of H-pyrrole nitrogens is 1. The molecular formula is C22H22FN5O2S. The fraction of sp³-hybridized carbons (Fsp3) is 0.364. The van der Waals surface area contributed by atoms with Crippen LogP contribution in [-0.4, -0.2) is 37.3 Å². The van der Waals surface area contributed by atoms with Gasteiger partial charge in [0.25, 0.3) is 5.91 Å². The predicted octanol–water partition coefficient (Wildman–Crippen LogP) is 4.54. The van der Waals surface area contributed by atoms with Crippen molar-refractivity contribution in [3.63, 3.8) is 0 Å². The van der Waals surface area contributed by atoms with Gasteiger partial charge < -0.3 is 14.3 Å². The summed E-state index contributed by atoms with van der Waals surface area (Å²) in [6, 6.07) is 4.36. The number of oxazole rings is 1. The van der Waals surface area contributed by atoms with Crippen molar-refractivity contribution in [3.05, 3.63) is 64.1 Å². The van der Waals surface area contributed by atoms with E-state index in [-0.39, 0.29) is 22.9 Å². The van der Waals surface area contributed by atoms with Crippen molar-refractivity contribution in [3.8, 4) is 0 Å². The highest BCUT2D eigenvalue weighted by Crippen LogP contribution is 2.39. The summed E-state index contributed by atoms with van der Waals surface area (Å²) in [5.41, 5.74) is 2.23. The molecule has 0 saturated carbocycles. The van der Waals surface area contributed by atoms with Crippen LogP contribution in [0.2, 0.25) is 0 Å². The number of fused-ring (bicyclic) bond motifs is 2. The van der Waals surface area contributed by atoms with E-state index in [0.29, 0.717) is 35.1 Å². The number of imidazole rings is 1.